The highest BCUT2D eigenvalue weighted by molar-refractivity contribution is 14.1. The van der Waals surface area contributed by atoms with Crippen LogP contribution in [0.15, 0.2) is 0 Å². The summed E-state index contributed by atoms with van der Waals surface area (Å²) >= 11 is 2.17. The Morgan fingerprint density at radius 3 is 2.40 bits per heavy atom. The summed E-state index contributed by atoms with van der Waals surface area (Å²) in [6.07, 6.45) is 0.959. The zero-order chi connectivity index (χ0) is 8.15. The number of hydrogen-bond donors (Lipinski definition) is 1. The van der Waals surface area contributed by atoms with Crippen LogP contribution in [0.3, 0.4) is 0 Å². The summed E-state index contributed by atoms with van der Waals surface area (Å²) < 4.78 is 0.127. The fourth-order valence-electron chi connectivity index (χ4n) is 0.678. The van der Waals surface area contributed by atoms with Crippen LogP contribution in [-0.4, -0.2) is 16.9 Å². The van der Waals surface area contributed by atoms with Crippen LogP contribution in [0.4, 0.5) is 0 Å². The van der Waals surface area contributed by atoms with E-state index in [0.717, 1.165) is 6.42 Å². The van der Waals surface area contributed by atoms with Gasteiger partial charge >= 0.3 is 0 Å². The lowest BCUT2D eigenvalue weighted by Gasteiger charge is -2.09. The van der Waals surface area contributed by atoms with Crippen molar-refractivity contribution in [2.24, 2.45) is 5.92 Å². The average Bonchev–Trinajstić information content (AvgIpc) is 1.85. The first-order valence-corrected chi connectivity index (χ1v) is 4.68. The Hall–Kier alpha value is 0.200. The summed E-state index contributed by atoms with van der Waals surface area (Å²) in [4.78, 5) is 10.9. The first-order chi connectivity index (χ1) is 4.57. The molecular weight excluding hydrogens is 241 g/mol. The van der Waals surface area contributed by atoms with E-state index in [-0.39, 0.29) is 9.83 Å². The second-order valence-electron chi connectivity index (χ2n) is 2.71. The quantitative estimate of drug-likeness (QED) is 0.602. The number of amides is 1. The molecule has 60 valence electrons. The summed E-state index contributed by atoms with van der Waals surface area (Å²) in [7, 11) is 1.67. The van der Waals surface area contributed by atoms with Gasteiger partial charge in [0.1, 0.15) is 0 Å². The molecule has 0 fully saturated rings. The smallest absolute Gasteiger partial charge is 0.232 e. The van der Waals surface area contributed by atoms with Gasteiger partial charge in [0, 0.05) is 7.05 Å². The number of rotatable bonds is 3. The van der Waals surface area contributed by atoms with Crippen LogP contribution in [0, 0.1) is 5.92 Å². The van der Waals surface area contributed by atoms with Gasteiger partial charge in [-0.1, -0.05) is 36.4 Å². The first kappa shape index (κ1) is 10.2. The van der Waals surface area contributed by atoms with E-state index in [1.165, 1.54) is 0 Å². The van der Waals surface area contributed by atoms with E-state index in [2.05, 4.69) is 41.8 Å². The van der Waals surface area contributed by atoms with E-state index in [1.54, 1.807) is 7.05 Å². The standard InChI is InChI=1S/C7H14INO/c1-5(2)4-6(8)7(10)9-3/h5-6H,4H2,1-3H3,(H,9,10). The van der Waals surface area contributed by atoms with Crippen LogP contribution in [0.5, 0.6) is 0 Å². The lowest BCUT2D eigenvalue weighted by Crippen LogP contribution is -2.28. The lowest BCUT2D eigenvalue weighted by atomic mass is 10.1. The molecule has 0 heterocycles. The van der Waals surface area contributed by atoms with Gasteiger partial charge in [-0.15, -0.1) is 0 Å². The van der Waals surface area contributed by atoms with E-state index >= 15 is 0 Å². The van der Waals surface area contributed by atoms with Gasteiger partial charge in [-0.05, 0) is 12.3 Å². The largest absolute Gasteiger partial charge is 0.358 e. The van der Waals surface area contributed by atoms with Crippen molar-refractivity contribution in [3.8, 4) is 0 Å². The minimum atomic E-state index is 0.127. The average molecular weight is 255 g/mol. The Kier molecular flexibility index (Phi) is 5.03. The Morgan fingerprint density at radius 1 is 1.60 bits per heavy atom. The molecule has 0 aliphatic heterocycles. The SMILES string of the molecule is CNC(=O)C(I)CC(C)C. The number of hydrogen-bond acceptors (Lipinski definition) is 1. The summed E-state index contributed by atoms with van der Waals surface area (Å²) in [5.74, 6) is 0.730. The Morgan fingerprint density at radius 2 is 2.10 bits per heavy atom. The molecule has 0 aliphatic rings. The fourth-order valence-corrected chi connectivity index (χ4v) is 2.01. The van der Waals surface area contributed by atoms with Crippen molar-refractivity contribution in [2.75, 3.05) is 7.05 Å². The maximum Gasteiger partial charge on any atom is 0.232 e. The third-order valence-electron chi connectivity index (χ3n) is 1.21. The van der Waals surface area contributed by atoms with Gasteiger partial charge < -0.3 is 5.32 Å². The molecule has 0 aliphatic carbocycles. The van der Waals surface area contributed by atoms with Crippen molar-refractivity contribution >= 4 is 28.5 Å². The predicted molar refractivity (Wildman–Crippen MR) is 51.3 cm³/mol. The molecule has 0 spiro atoms. The molecule has 1 unspecified atom stereocenters. The molecule has 0 saturated heterocycles. The summed E-state index contributed by atoms with van der Waals surface area (Å²) in [6, 6.07) is 0. The predicted octanol–water partition coefficient (Wildman–Crippen LogP) is 1.58. The number of carbonyl (C=O) groups is 1. The molecule has 1 amide bonds. The monoisotopic (exact) mass is 255 g/mol. The highest BCUT2D eigenvalue weighted by atomic mass is 127. The van der Waals surface area contributed by atoms with Gasteiger partial charge in [0.25, 0.3) is 0 Å². The van der Waals surface area contributed by atoms with Crippen molar-refractivity contribution in [1.29, 1.82) is 0 Å². The third kappa shape index (κ3) is 4.09. The molecular formula is C7H14INO. The van der Waals surface area contributed by atoms with Crippen molar-refractivity contribution in [1.82, 2.24) is 5.32 Å². The number of alkyl halides is 1. The molecule has 0 aromatic carbocycles. The zero-order valence-corrected chi connectivity index (χ0v) is 8.81. The fraction of sp³-hybridized carbons (Fsp3) is 0.857. The maximum absolute atomic E-state index is 10.9. The maximum atomic E-state index is 10.9. The van der Waals surface area contributed by atoms with Crippen LogP contribution in [-0.2, 0) is 4.79 Å². The molecule has 0 saturated carbocycles. The van der Waals surface area contributed by atoms with E-state index in [9.17, 15) is 4.79 Å². The molecule has 3 heteroatoms. The molecule has 1 N–H and O–H groups in total. The van der Waals surface area contributed by atoms with Gasteiger partial charge in [0.15, 0.2) is 0 Å². The van der Waals surface area contributed by atoms with Gasteiger partial charge in [0.2, 0.25) is 5.91 Å². The molecule has 0 aromatic heterocycles. The molecule has 0 bridgehead atoms. The number of nitrogens with one attached hydrogen (secondary N) is 1. The summed E-state index contributed by atoms with van der Waals surface area (Å²) in [5, 5.41) is 2.62. The highest BCUT2D eigenvalue weighted by Crippen LogP contribution is 2.12. The zero-order valence-electron chi connectivity index (χ0n) is 6.65. The topological polar surface area (TPSA) is 29.1 Å². The molecule has 0 aromatic rings. The highest BCUT2D eigenvalue weighted by Gasteiger charge is 2.13. The van der Waals surface area contributed by atoms with Crippen molar-refractivity contribution in [3.63, 3.8) is 0 Å². The van der Waals surface area contributed by atoms with Crippen LogP contribution >= 0.6 is 22.6 Å². The van der Waals surface area contributed by atoms with Crippen LogP contribution in [0.1, 0.15) is 20.3 Å². The van der Waals surface area contributed by atoms with Crippen LogP contribution < -0.4 is 5.32 Å². The second-order valence-corrected chi connectivity index (χ2v) is 4.21. The van der Waals surface area contributed by atoms with Crippen molar-refractivity contribution in [2.45, 2.75) is 24.2 Å². The molecule has 10 heavy (non-hydrogen) atoms. The van der Waals surface area contributed by atoms with Crippen LogP contribution in [0.25, 0.3) is 0 Å². The van der Waals surface area contributed by atoms with Gasteiger partial charge in [-0.25, -0.2) is 0 Å². The number of carbonyl (C=O) groups excluding carboxylic acids is 1. The minimum absolute atomic E-state index is 0.127. The Balaban J connectivity index is 3.61. The van der Waals surface area contributed by atoms with Gasteiger partial charge in [0.05, 0.1) is 3.92 Å². The van der Waals surface area contributed by atoms with E-state index in [0.29, 0.717) is 5.92 Å². The summed E-state index contributed by atoms with van der Waals surface area (Å²) in [5.41, 5.74) is 0. The van der Waals surface area contributed by atoms with Crippen LogP contribution in [0.2, 0.25) is 0 Å². The van der Waals surface area contributed by atoms with Crippen molar-refractivity contribution < 1.29 is 4.79 Å². The van der Waals surface area contributed by atoms with Gasteiger partial charge in [-0.2, -0.15) is 0 Å². The van der Waals surface area contributed by atoms with E-state index in [4.69, 9.17) is 0 Å². The normalized spacial score (nSPS) is 13.3. The van der Waals surface area contributed by atoms with Crippen molar-refractivity contribution in [3.05, 3.63) is 0 Å². The minimum Gasteiger partial charge on any atom is -0.358 e. The number of halogens is 1. The summed E-state index contributed by atoms with van der Waals surface area (Å²) in [6.45, 7) is 4.24. The lowest BCUT2D eigenvalue weighted by molar-refractivity contribution is -0.120. The third-order valence-corrected chi connectivity index (χ3v) is 2.28. The second kappa shape index (κ2) is 4.93. The molecule has 0 radical (unpaired) electrons. The molecule has 0 rings (SSSR count). The Labute approximate surface area is 75.9 Å². The Bertz CT molecular complexity index is 114. The van der Waals surface area contributed by atoms with E-state index in [1.807, 2.05) is 0 Å². The van der Waals surface area contributed by atoms with E-state index < -0.39 is 0 Å². The molecule has 2 nitrogen and oxygen atoms in total. The molecule has 1 atom stereocenters. The first-order valence-electron chi connectivity index (χ1n) is 3.43. The van der Waals surface area contributed by atoms with Gasteiger partial charge in [-0.3, -0.25) is 4.79 Å².